The van der Waals surface area contributed by atoms with Crippen molar-refractivity contribution in [3.8, 4) is 0 Å². The van der Waals surface area contributed by atoms with Gasteiger partial charge in [-0.05, 0) is 27.2 Å². The topological polar surface area (TPSA) is 52.6 Å². The molecule has 0 bridgehead atoms. The Morgan fingerprint density at radius 2 is 1.88 bits per heavy atom. The minimum absolute atomic E-state index is 0.0892. The Kier molecular flexibility index (Phi) is 7.26. The van der Waals surface area contributed by atoms with Gasteiger partial charge in [0.15, 0.2) is 0 Å². The second-order valence-electron chi connectivity index (χ2n) is 4.34. The molecule has 0 aromatic heterocycles. The van der Waals surface area contributed by atoms with Crippen LogP contribution in [0.15, 0.2) is 12.2 Å². The third-order valence-electron chi connectivity index (χ3n) is 2.07. The number of esters is 2. The summed E-state index contributed by atoms with van der Waals surface area (Å²) in [5.41, 5.74) is -0.441. The Balaban J connectivity index is 3.99. The minimum atomic E-state index is -0.441. The van der Waals surface area contributed by atoms with E-state index in [1.165, 1.54) is 12.2 Å². The molecule has 0 saturated heterocycles. The van der Waals surface area contributed by atoms with Gasteiger partial charge < -0.3 is 9.47 Å². The lowest BCUT2D eigenvalue weighted by Gasteiger charge is -2.24. The predicted molar refractivity (Wildman–Crippen MR) is 65.5 cm³/mol. The van der Waals surface area contributed by atoms with Gasteiger partial charge in [0.1, 0.15) is 5.60 Å². The van der Waals surface area contributed by atoms with Crippen LogP contribution >= 0.6 is 0 Å². The van der Waals surface area contributed by atoms with E-state index in [0.29, 0.717) is 6.61 Å². The Bertz CT molecular complexity index is 279. The fraction of sp³-hybridized carbons (Fsp3) is 0.692. The summed E-state index contributed by atoms with van der Waals surface area (Å²) < 4.78 is 9.96. The molecule has 98 valence electrons. The summed E-state index contributed by atoms with van der Waals surface area (Å²) in [6, 6.07) is 0. The lowest BCUT2D eigenvalue weighted by Crippen LogP contribution is -2.27. The van der Waals surface area contributed by atoms with Crippen LogP contribution in [-0.2, 0) is 19.1 Å². The SMILES string of the molecule is CCCC(C)(C)OC(=O)CC=CC(=O)OCC. The summed E-state index contributed by atoms with van der Waals surface area (Å²) in [6.07, 6.45) is 4.57. The monoisotopic (exact) mass is 242 g/mol. The van der Waals surface area contributed by atoms with Crippen LogP contribution in [0.4, 0.5) is 0 Å². The Labute approximate surface area is 103 Å². The molecule has 0 radical (unpaired) electrons. The average Bonchev–Trinajstić information content (AvgIpc) is 2.16. The molecule has 0 saturated carbocycles. The van der Waals surface area contributed by atoms with E-state index in [2.05, 4.69) is 4.74 Å². The third kappa shape index (κ3) is 8.48. The first-order valence-corrected chi connectivity index (χ1v) is 5.96. The highest BCUT2D eigenvalue weighted by molar-refractivity contribution is 5.83. The average molecular weight is 242 g/mol. The molecule has 17 heavy (non-hydrogen) atoms. The van der Waals surface area contributed by atoms with E-state index in [9.17, 15) is 9.59 Å². The van der Waals surface area contributed by atoms with Gasteiger partial charge in [-0.25, -0.2) is 4.79 Å². The van der Waals surface area contributed by atoms with Crippen molar-refractivity contribution in [3.05, 3.63) is 12.2 Å². The summed E-state index contributed by atoms with van der Waals surface area (Å²) in [6.45, 7) is 7.85. The van der Waals surface area contributed by atoms with Crippen LogP contribution in [0.3, 0.4) is 0 Å². The quantitative estimate of drug-likeness (QED) is 0.508. The Morgan fingerprint density at radius 3 is 2.41 bits per heavy atom. The summed E-state index contributed by atoms with van der Waals surface area (Å²) in [5.74, 6) is -0.767. The maximum absolute atomic E-state index is 11.4. The molecule has 0 heterocycles. The number of carbonyl (C=O) groups is 2. The van der Waals surface area contributed by atoms with Crippen LogP contribution in [0.2, 0.25) is 0 Å². The highest BCUT2D eigenvalue weighted by Crippen LogP contribution is 2.17. The second kappa shape index (κ2) is 7.87. The standard InChI is InChI=1S/C13H22O4/c1-5-10-13(3,4)17-12(15)9-7-8-11(14)16-6-2/h7-8H,5-6,9-10H2,1-4H3. The summed E-state index contributed by atoms with van der Waals surface area (Å²) >= 11 is 0. The van der Waals surface area contributed by atoms with Crippen LogP contribution in [0.25, 0.3) is 0 Å². The van der Waals surface area contributed by atoms with Crippen LogP contribution in [0, 0.1) is 0 Å². The van der Waals surface area contributed by atoms with Crippen LogP contribution in [0.1, 0.15) is 47.0 Å². The van der Waals surface area contributed by atoms with Crippen LogP contribution < -0.4 is 0 Å². The van der Waals surface area contributed by atoms with Crippen molar-refractivity contribution < 1.29 is 19.1 Å². The van der Waals surface area contributed by atoms with Gasteiger partial charge in [0.25, 0.3) is 0 Å². The van der Waals surface area contributed by atoms with Crippen molar-refractivity contribution in [1.82, 2.24) is 0 Å². The molecule has 0 unspecified atom stereocenters. The summed E-state index contributed by atoms with van der Waals surface area (Å²) in [5, 5.41) is 0. The third-order valence-corrected chi connectivity index (χ3v) is 2.07. The number of hydrogen-bond donors (Lipinski definition) is 0. The van der Waals surface area contributed by atoms with Crippen LogP contribution in [-0.4, -0.2) is 24.1 Å². The van der Waals surface area contributed by atoms with Crippen molar-refractivity contribution >= 4 is 11.9 Å². The van der Waals surface area contributed by atoms with E-state index in [1.807, 2.05) is 20.8 Å². The number of hydrogen-bond acceptors (Lipinski definition) is 4. The molecule has 0 aliphatic heterocycles. The molecule has 4 heteroatoms. The van der Waals surface area contributed by atoms with E-state index < -0.39 is 11.6 Å². The highest BCUT2D eigenvalue weighted by Gasteiger charge is 2.20. The molecule has 4 nitrogen and oxygen atoms in total. The first-order chi connectivity index (χ1) is 7.91. The van der Waals surface area contributed by atoms with E-state index in [-0.39, 0.29) is 12.4 Å². The summed E-state index contributed by atoms with van der Waals surface area (Å²) in [7, 11) is 0. The molecule has 0 amide bonds. The van der Waals surface area contributed by atoms with Gasteiger partial charge in [-0.2, -0.15) is 0 Å². The first kappa shape index (κ1) is 15.7. The molecule has 0 aliphatic rings. The van der Waals surface area contributed by atoms with Gasteiger partial charge in [0.2, 0.25) is 0 Å². The molecule has 0 rings (SSSR count). The highest BCUT2D eigenvalue weighted by atomic mass is 16.6. The zero-order chi connectivity index (χ0) is 13.3. The maximum atomic E-state index is 11.4. The minimum Gasteiger partial charge on any atom is -0.463 e. The number of rotatable bonds is 7. The number of carbonyl (C=O) groups excluding carboxylic acids is 2. The van der Waals surface area contributed by atoms with Gasteiger partial charge in [-0.3, -0.25) is 4.79 Å². The number of ether oxygens (including phenoxy) is 2. The Hall–Kier alpha value is -1.32. The van der Waals surface area contributed by atoms with E-state index in [4.69, 9.17) is 4.74 Å². The summed E-state index contributed by atoms with van der Waals surface area (Å²) in [4.78, 5) is 22.4. The van der Waals surface area contributed by atoms with Crippen molar-refractivity contribution in [2.45, 2.75) is 52.6 Å². The lowest BCUT2D eigenvalue weighted by atomic mass is 10.0. The lowest BCUT2D eigenvalue weighted by molar-refractivity contribution is -0.155. The van der Waals surface area contributed by atoms with Gasteiger partial charge in [0, 0.05) is 6.08 Å². The van der Waals surface area contributed by atoms with Crippen LogP contribution in [0.5, 0.6) is 0 Å². The molecule has 0 spiro atoms. The normalized spacial score (nSPS) is 11.5. The van der Waals surface area contributed by atoms with Crippen molar-refractivity contribution in [2.24, 2.45) is 0 Å². The fourth-order valence-corrected chi connectivity index (χ4v) is 1.44. The Morgan fingerprint density at radius 1 is 1.24 bits per heavy atom. The van der Waals surface area contributed by atoms with Crippen molar-refractivity contribution in [1.29, 1.82) is 0 Å². The second-order valence-corrected chi connectivity index (χ2v) is 4.34. The fourth-order valence-electron chi connectivity index (χ4n) is 1.44. The van der Waals surface area contributed by atoms with Crippen molar-refractivity contribution in [2.75, 3.05) is 6.61 Å². The molecule has 0 N–H and O–H groups in total. The van der Waals surface area contributed by atoms with Gasteiger partial charge in [-0.1, -0.05) is 19.4 Å². The van der Waals surface area contributed by atoms with E-state index in [0.717, 1.165) is 12.8 Å². The van der Waals surface area contributed by atoms with Gasteiger partial charge in [-0.15, -0.1) is 0 Å². The first-order valence-electron chi connectivity index (χ1n) is 5.96. The largest absolute Gasteiger partial charge is 0.463 e. The molecule has 0 atom stereocenters. The molecule has 0 fully saturated rings. The molecule has 0 aromatic carbocycles. The van der Waals surface area contributed by atoms with Gasteiger partial charge >= 0.3 is 11.9 Å². The predicted octanol–water partition coefficient (Wildman–Crippen LogP) is 2.62. The molecule has 0 aliphatic carbocycles. The van der Waals surface area contributed by atoms with E-state index in [1.54, 1.807) is 6.92 Å². The smallest absolute Gasteiger partial charge is 0.330 e. The molecular weight excluding hydrogens is 220 g/mol. The molecular formula is C13H22O4. The van der Waals surface area contributed by atoms with Crippen molar-refractivity contribution in [3.63, 3.8) is 0 Å². The van der Waals surface area contributed by atoms with E-state index >= 15 is 0 Å². The molecule has 0 aromatic rings. The zero-order valence-electron chi connectivity index (χ0n) is 11.1. The maximum Gasteiger partial charge on any atom is 0.330 e. The van der Waals surface area contributed by atoms with Gasteiger partial charge in [0.05, 0.1) is 13.0 Å². The zero-order valence-corrected chi connectivity index (χ0v) is 11.1.